The fraction of sp³-hybridized carbons (Fsp3) is 0.222. The van der Waals surface area contributed by atoms with Gasteiger partial charge >= 0.3 is 0 Å². The summed E-state index contributed by atoms with van der Waals surface area (Å²) >= 11 is 0. The number of fused-ring (bicyclic) bond motifs is 1. The lowest BCUT2D eigenvalue weighted by Gasteiger charge is -1.92. The van der Waals surface area contributed by atoms with Crippen LogP contribution in [0.4, 0.5) is 0 Å². The second kappa shape index (κ2) is 2.74. The Labute approximate surface area is 73.4 Å². The molecule has 0 aliphatic heterocycles. The highest BCUT2D eigenvalue weighted by atomic mass is 16.4. The van der Waals surface area contributed by atoms with Crippen molar-refractivity contribution in [2.45, 2.75) is 13.5 Å². The van der Waals surface area contributed by atoms with Gasteiger partial charge in [-0.3, -0.25) is 4.79 Å². The van der Waals surface area contributed by atoms with E-state index in [0.29, 0.717) is 11.3 Å². The average molecular weight is 180 g/mol. The first-order valence-corrected chi connectivity index (χ1v) is 3.85. The molecule has 2 aromatic rings. The van der Waals surface area contributed by atoms with E-state index in [4.69, 9.17) is 13.9 Å². The number of hydrogen-bond acceptors (Lipinski definition) is 4. The SMILES string of the molecule is Cc1cc2oc(CO)cc(=O)c2o1. The third kappa shape index (κ3) is 1.25. The minimum absolute atomic E-state index is 0.203. The third-order valence-corrected chi connectivity index (χ3v) is 1.73. The largest absolute Gasteiger partial charge is 0.455 e. The van der Waals surface area contributed by atoms with Crippen LogP contribution < -0.4 is 5.43 Å². The van der Waals surface area contributed by atoms with Crippen LogP contribution in [0.2, 0.25) is 0 Å². The maximum Gasteiger partial charge on any atom is 0.228 e. The first-order valence-electron chi connectivity index (χ1n) is 3.85. The summed E-state index contributed by atoms with van der Waals surface area (Å²) in [6, 6.07) is 2.85. The average Bonchev–Trinajstić information content (AvgIpc) is 2.46. The van der Waals surface area contributed by atoms with E-state index in [0.717, 1.165) is 0 Å². The van der Waals surface area contributed by atoms with Crippen LogP contribution >= 0.6 is 0 Å². The molecule has 0 spiro atoms. The molecule has 68 valence electrons. The molecule has 2 heterocycles. The zero-order chi connectivity index (χ0) is 9.42. The number of aliphatic hydroxyl groups is 1. The van der Waals surface area contributed by atoms with Gasteiger partial charge in [0, 0.05) is 12.1 Å². The van der Waals surface area contributed by atoms with Crippen LogP contribution in [0.5, 0.6) is 0 Å². The third-order valence-electron chi connectivity index (χ3n) is 1.73. The minimum Gasteiger partial charge on any atom is -0.455 e. The van der Waals surface area contributed by atoms with Crippen molar-refractivity contribution in [1.29, 1.82) is 0 Å². The van der Waals surface area contributed by atoms with Gasteiger partial charge in [0.05, 0.1) is 0 Å². The zero-order valence-electron chi connectivity index (χ0n) is 7.03. The number of aliphatic hydroxyl groups excluding tert-OH is 1. The summed E-state index contributed by atoms with van der Waals surface area (Å²) < 4.78 is 10.3. The van der Waals surface area contributed by atoms with Crippen LogP contribution in [-0.4, -0.2) is 5.11 Å². The highest BCUT2D eigenvalue weighted by Gasteiger charge is 2.08. The van der Waals surface area contributed by atoms with Crippen molar-refractivity contribution in [3.63, 3.8) is 0 Å². The minimum atomic E-state index is -0.282. The molecule has 4 nitrogen and oxygen atoms in total. The fourth-order valence-electron chi connectivity index (χ4n) is 1.20. The van der Waals surface area contributed by atoms with Crippen LogP contribution in [0.1, 0.15) is 11.5 Å². The Kier molecular flexibility index (Phi) is 1.70. The summed E-state index contributed by atoms with van der Waals surface area (Å²) in [6.45, 7) is 1.45. The topological polar surface area (TPSA) is 63.6 Å². The molecule has 0 amide bonds. The summed E-state index contributed by atoms with van der Waals surface area (Å²) in [5.41, 5.74) is 0.321. The number of furan rings is 1. The summed E-state index contributed by atoms with van der Waals surface area (Å²) in [7, 11) is 0. The highest BCUT2D eigenvalue weighted by Crippen LogP contribution is 2.16. The maximum atomic E-state index is 11.3. The smallest absolute Gasteiger partial charge is 0.228 e. The van der Waals surface area contributed by atoms with Crippen LogP contribution in [0.25, 0.3) is 11.2 Å². The molecular formula is C9H8O4. The van der Waals surface area contributed by atoms with E-state index < -0.39 is 0 Å². The van der Waals surface area contributed by atoms with Crippen LogP contribution in [-0.2, 0) is 6.61 Å². The van der Waals surface area contributed by atoms with Gasteiger partial charge in [0.1, 0.15) is 18.1 Å². The van der Waals surface area contributed by atoms with E-state index in [1.807, 2.05) is 0 Å². The number of hydrogen-bond donors (Lipinski definition) is 1. The van der Waals surface area contributed by atoms with Crippen LogP contribution in [0.15, 0.2) is 25.8 Å². The van der Waals surface area contributed by atoms with E-state index in [2.05, 4.69) is 0 Å². The maximum absolute atomic E-state index is 11.3. The summed E-state index contributed by atoms with van der Waals surface area (Å²) in [6.07, 6.45) is 0. The second-order valence-corrected chi connectivity index (χ2v) is 2.79. The van der Waals surface area contributed by atoms with Crippen molar-refractivity contribution in [1.82, 2.24) is 0 Å². The molecule has 0 unspecified atom stereocenters. The van der Waals surface area contributed by atoms with Crippen molar-refractivity contribution in [3.8, 4) is 0 Å². The molecule has 0 aromatic carbocycles. The van der Waals surface area contributed by atoms with Crippen molar-refractivity contribution in [2.75, 3.05) is 0 Å². The molecule has 4 heteroatoms. The molecule has 0 radical (unpaired) electrons. The van der Waals surface area contributed by atoms with E-state index >= 15 is 0 Å². The molecule has 0 atom stereocenters. The molecule has 0 aliphatic rings. The van der Waals surface area contributed by atoms with Gasteiger partial charge in [0.2, 0.25) is 11.0 Å². The van der Waals surface area contributed by atoms with Crippen LogP contribution in [0.3, 0.4) is 0 Å². The van der Waals surface area contributed by atoms with Crippen LogP contribution in [0, 0.1) is 6.92 Å². The Bertz CT molecular complexity index is 492. The predicted octanol–water partition coefficient (Wildman–Crippen LogP) is 1.19. The number of rotatable bonds is 1. The highest BCUT2D eigenvalue weighted by molar-refractivity contribution is 5.70. The lowest BCUT2D eigenvalue weighted by molar-refractivity contribution is 0.248. The van der Waals surface area contributed by atoms with E-state index in [9.17, 15) is 4.79 Å². The lowest BCUT2D eigenvalue weighted by Crippen LogP contribution is -1.99. The predicted molar refractivity (Wildman–Crippen MR) is 45.4 cm³/mol. The van der Waals surface area contributed by atoms with Gasteiger partial charge in [-0.1, -0.05) is 0 Å². The standard InChI is InChI=1S/C9H8O4/c1-5-2-8-9(12-5)7(11)3-6(4-10)13-8/h2-3,10H,4H2,1H3. The Morgan fingerprint density at radius 1 is 1.38 bits per heavy atom. The molecule has 0 aliphatic carbocycles. The Morgan fingerprint density at radius 3 is 2.85 bits per heavy atom. The Hall–Kier alpha value is -1.55. The Morgan fingerprint density at radius 2 is 2.15 bits per heavy atom. The van der Waals surface area contributed by atoms with Crippen molar-refractivity contribution in [2.24, 2.45) is 0 Å². The van der Waals surface area contributed by atoms with E-state index in [1.54, 1.807) is 13.0 Å². The normalized spacial score (nSPS) is 10.9. The monoisotopic (exact) mass is 180 g/mol. The molecule has 1 N–H and O–H groups in total. The zero-order valence-corrected chi connectivity index (χ0v) is 7.03. The molecular weight excluding hydrogens is 172 g/mol. The fourth-order valence-corrected chi connectivity index (χ4v) is 1.20. The molecule has 0 saturated carbocycles. The van der Waals surface area contributed by atoms with Gasteiger partial charge in [-0.2, -0.15) is 0 Å². The van der Waals surface area contributed by atoms with Gasteiger partial charge in [-0.25, -0.2) is 0 Å². The molecule has 0 saturated heterocycles. The summed E-state index contributed by atoms with van der Waals surface area (Å²) in [5.74, 6) is 0.865. The van der Waals surface area contributed by atoms with E-state index in [1.165, 1.54) is 6.07 Å². The molecule has 2 rings (SSSR count). The quantitative estimate of drug-likeness (QED) is 0.715. The molecule has 0 fully saturated rings. The summed E-state index contributed by atoms with van der Waals surface area (Å²) in [4.78, 5) is 11.3. The van der Waals surface area contributed by atoms with Crippen molar-refractivity contribution < 1.29 is 13.9 Å². The van der Waals surface area contributed by atoms with Gasteiger partial charge in [0.15, 0.2) is 5.58 Å². The van der Waals surface area contributed by atoms with Crippen molar-refractivity contribution in [3.05, 3.63) is 33.9 Å². The molecule has 2 aromatic heterocycles. The number of aryl methyl sites for hydroxylation is 1. The Balaban J connectivity index is 2.83. The molecule has 13 heavy (non-hydrogen) atoms. The first kappa shape index (κ1) is 8.07. The van der Waals surface area contributed by atoms with Gasteiger partial charge < -0.3 is 13.9 Å². The summed E-state index contributed by atoms with van der Waals surface area (Å²) in [5, 5.41) is 8.77. The van der Waals surface area contributed by atoms with Gasteiger partial charge in [0.25, 0.3) is 0 Å². The van der Waals surface area contributed by atoms with E-state index in [-0.39, 0.29) is 23.4 Å². The van der Waals surface area contributed by atoms with Crippen molar-refractivity contribution >= 4 is 11.2 Å². The lowest BCUT2D eigenvalue weighted by atomic mass is 10.3. The second-order valence-electron chi connectivity index (χ2n) is 2.79. The van der Waals surface area contributed by atoms with Gasteiger partial charge in [-0.05, 0) is 6.92 Å². The van der Waals surface area contributed by atoms with Gasteiger partial charge in [-0.15, -0.1) is 0 Å². The molecule has 0 bridgehead atoms. The first-order chi connectivity index (χ1) is 6.20.